The molecule has 0 atom stereocenters. The van der Waals surface area contributed by atoms with E-state index in [1.165, 1.54) is 55.3 Å². The fourth-order valence-corrected chi connectivity index (χ4v) is 3.72. The van der Waals surface area contributed by atoms with Gasteiger partial charge in [-0.1, -0.05) is 42.0 Å². The number of fused-ring (bicyclic) bond motifs is 1. The first-order chi connectivity index (χ1) is 10.9. The van der Waals surface area contributed by atoms with Crippen LogP contribution >= 0.6 is 0 Å². The summed E-state index contributed by atoms with van der Waals surface area (Å²) in [5.74, 6) is 0. The monoisotopic (exact) mass is 302 g/mol. The molecule has 0 heterocycles. The van der Waals surface area contributed by atoms with Crippen molar-refractivity contribution in [3.63, 3.8) is 0 Å². The Morgan fingerprint density at radius 3 is 1.96 bits per heavy atom. The third-order valence-corrected chi connectivity index (χ3v) is 5.27. The molecule has 3 rings (SSSR count). The summed E-state index contributed by atoms with van der Waals surface area (Å²) in [5.41, 5.74) is 11.2. The largest absolute Gasteiger partial charge is 0.0581 e. The Balaban J connectivity index is 2.07. The van der Waals surface area contributed by atoms with Crippen molar-refractivity contribution < 1.29 is 0 Å². The predicted molar refractivity (Wildman–Crippen MR) is 102 cm³/mol. The molecule has 0 fully saturated rings. The van der Waals surface area contributed by atoms with Crippen LogP contribution in [-0.2, 0) is 6.42 Å². The molecule has 0 spiro atoms. The highest BCUT2D eigenvalue weighted by Crippen LogP contribution is 2.27. The summed E-state index contributed by atoms with van der Waals surface area (Å²) in [4.78, 5) is 0. The second-order valence-electron chi connectivity index (χ2n) is 7.05. The van der Waals surface area contributed by atoms with Crippen LogP contribution in [0.5, 0.6) is 0 Å². The van der Waals surface area contributed by atoms with E-state index in [1.807, 2.05) is 0 Å². The zero-order chi connectivity index (χ0) is 16.7. The lowest BCUT2D eigenvalue weighted by Crippen LogP contribution is -1.97. The molecule has 0 amide bonds. The fraction of sp³-hybridized carbons (Fsp3) is 0.304. The molecule has 0 radical (unpaired) electrons. The van der Waals surface area contributed by atoms with E-state index in [1.54, 1.807) is 0 Å². The molecule has 0 nitrogen and oxygen atoms in total. The van der Waals surface area contributed by atoms with Crippen molar-refractivity contribution >= 4 is 10.8 Å². The van der Waals surface area contributed by atoms with E-state index in [0.29, 0.717) is 0 Å². The van der Waals surface area contributed by atoms with Crippen LogP contribution in [0.2, 0.25) is 0 Å². The van der Waals surface area contributed by atoms with Crippen LogP contribution < -0.4 is 0 Å². The van der Waals surface area contributed by atoms with Crippen LogP contribution in [0.15, 0.2) is 36.4 Å². The maximum atomic E-state index is 2.37. The molecule has 118 valence electrons. The smallest absolute Gasteiger partial charge is 0.00203 e. The van der Waals surface area contributed by atoms with Crippen molar-refractivity contribution in [3.05, 3.63) is 80.9 Å². The van der Waals surface area contributed by atoms with Gasteiger partial charge in [0, 0.05) is 0 Å². The minimum Gasteiger partial charge on any atom is -0.0581 e. The lowest BCUT2D eigenvalue weighted by molar-refractivity contribution is 1.11. The average Bonchev–Trinajstić information content (AvgIpc) is 2.48. The van der Waals surface area contributed by atoms with Crippen LogP contribution in [0.4, 0.5) is 0 Å². The fourth-order valence-electron chi connectivity index (χ4n) is 3.72. The summed E-state index contributed by atoms with van der Waals surface area (Å²) in [6, 6.07) is 13.9. The van der Waals surface area contributed by atoms with Gasteiger partial charge in [-0.15, -0.1) is 0 Å². The van der Waals surface area contributed by atoms with Gasteiger partial charge in [-0.2, -0.15) is 0 Å². The molecular formula is C23H26. The molecule has 0 aliphatic rings. The number of aryl methyl sites for hydroxylation is 5. The van der Waals surface area contributed by atoms with Gasteiger partial charge in [0.25, 0.3) is 0 Å². The molecular weight excluding hydrogens is 276 g/mol. The molecule has 0 aliphatic carbocycles. The molecule has 0 N–H and O–H groups in total. The third-order valence-electron chi connectivity index (χ3n) is 5.27. The molecule has 3 aromatic rings. The zero-order valence-corrected chi connectivity index (χ0v) is 15.2. The molecule has 23 heavy (non-hydrogen) atoms. The Bertz CT molecular complexity index is 875. The molecule has 0 aliphatic heterocycles. The van der Waals surface area contributed by atoms with Gasteiger partial charge in [-0.25, -0.2) is 0 Å². The van der Waals surface area contributed by atoms with Crippen LogP contribution in [0.25, 0.3) is 10.8 Å². The van der Waals surface area contributed by atoms with E-state index in [9.17, 15) is 0 Å². The number of benzene rings is 3. The van der Waals surface area contributed by atoms with Crippen LogP contribution in [0.3, 0.4) is 0 Å². The normalized spacial score (nSPS) is 11.2. The molecule has 0 unspecified atom stereocenters. The highest BCUT2D eigenvalue weighted by molar-refractivity contribution is 5.88. The minimum atomic E-state index is 1.01. The van der Waals surface area contributed by atoms with Crippen molar-refractivity contribution in [1.82, 2.24) is 0 Å². The van der Waals surface area contributed by atoms with Gasteiger partial charge in [-0.3, -0.25) is 0 Å². The topological polar surface area (TPSA) is 0 Å². The summed E-state index contributed by atoms with van der Waals surface area (Å²) in [7, 11) is 0. The lowest BCUT2D eigenvalue weighted by atomic mass is 9.91. The SMILES string of the molecule is Cc1cc(C)c(Cc2ccc3c(C)c(C)c(C)cc3c2)c(C)c1. The molecule has 0 heteroatoms. The van der Waals surface area contributed by atoms with E-state index < -0.39 is 0 Å². The molecule has 0 aromatic heterocycles. The van der Waals surface area contributed by atoms with E-state index in [-0.39, 0.29) is 0 Å². The highest BCUT2D eigenvalue weighted by atomic mass is 14.1. The number of hydrogen-bond acceptors (Lipinski definition) is 0. The van der Waals surface area contributed by atoms with E-state index >= 15 is 0 Å². The summed E-state index contributed by atoms with van der Waals surface area (Å²) >= 11 is 0. The van der Waals surface area contributed by atoms with Gasteiger partial charge in [0.05, 0.1) is 0 Å². The van der Waals surface area contributed by atoms with E-state index in [4.69, 9.17) is 0 Å². The van der Waals surface area contributed by atoms with E-state index in [0.717, 1.165) is 6.42 Å². The second kappa shape index (κ2) is 5.85. The molecule has 3 aromatic carbocycles. The quantitative estimate of drug-likeness (QED) is 0.522. The number of rotatable bonds is 2. The Hall–Kier alpha value is -2.08. The molecule has 0 saturated carbocycles. The van der Waals surface area contributed by atoms with Crippen molar-refractivity contribution in [2.75, 3.05) is 0 Å². The maximum absolute atomic E-state index is 2.37. The van der Waals surface area contributed by atoms with Crippen molar-refractivity contribution in [1.29, 1.82) is 0 Å². The van der Waals surface area contributed by atoms with Crippen molar-refractivity contribution in [2.24, 2.45) is 0 Å². The molecule has 0 bridgehead atoms. The van der Waals surface area contributed by atoms with Gasteiger partial charge < -0.3 is 0 Å². The first-order valence-electron chi connectivity index (χ1n) is 8.43. The predicted octanol–water partition coefficient (Wildman–Crippen LogP) is 6.28. The van der Waals surface area contributed by atoms with Gasteiger partial charge >= 0.3 is 0 Å². The average molecular weight is 302 g/mol. The first kappa shape index (κ1) is 15.8. The maximum Gasteiger partial charge on any atom is -0.00203 e. The Morgan fingerprint density at radius 2 is 1.30 bits per heavy atom. The van der Waals surface area contributed by atoms with Gasteiger partial charge in [-0.05, 0) is 97.7 Å². The summed E-state index contributed by atoms with van der Waals surface area (Å²) < 4.78 is 0. The second-order valence-corrected chi connectivity index (χ2v) is 7.05. The van der Waals surface area contributed by atoms with Gasteiger partial charge in [0.1, 0.15) is 0 Å². The standard InChI is InChI=1S/C23H26/c1-14-9-16(3)23(17(4)10-14)13-20-7-8-22-19(6)18(5)15(2)11-21(22)12-20/h7-12H,13H2,1-6H3. The summed E-state index contributed by atoms with van der Waals surface area (Å²) in [5, 5.41) is 2.75. The number of hydrogen-bond donors (Lipinski definition) is 0. The summed E-state index contributed by atoms with van der Waals surface area (Å²) in [6.45, 7) is 13.3. The van der Waals surface area contributed by atoms with E-state index in [2.05, 4.69) is 77.9 Å². The summed E-state index contributed by atoms with van der Waals surface area (Å²) in [6.07, 6.45) is 1.01. The minimum absolute atomic E-state index is 1.01. The zero-order valence-electron chi connectivity index (χ0n) is 15.2. The Kier molecular flexibility index (Phi) is 4.02. The molecule has 0 saturated heterocycles. The van der Waals surface area contributed by atoms with Gasteiger partial charge in [0.15, 0.2) is 0 Å². The van der Waals surface area contributed by atoms with Gasteiger partial charge in [0.2, 0.25) is 0 Å². The van der Waals surface area contributed by atoms with Crippen LogP contribution in [0.1, 0.15) is 44.5 Å². The van der Waals surface area contributed by atoms with Crippen molar-refractivity contribution in [2.45, 2.75) is 48.0 Å². The van der Waals surface area contributed by atoms with Crippen LogP contribution in [0, 0.1) is 41.5 Å². The third kappa shape index (κ3) is 2.91. The Labute approximate surface area is 140 Å². The highest BCUT2D eigenvalue weighted by Gasteiger charge is 2.08. The Morgan fingerprint density at radius 1 is 0.652 bits per heavy atom. The first-order valence-corrected chi connectivity index (χ1v) is 8.43. The van der Waals surface area contributed by atoms with Crippen LogP contribution in [-0.4, -0.2) is 0 Å². The lowest BCUT2D eigenvalue weighted by Gasteiger charge is -2.14. The van der Waals surface area contributed by atoms with Crippen molar-refractivity contribution in [3.8, 4) is 0 Å².